The molecule has 0 aliphatic heterocycles. The highest BCUT2D eigenvalue weighted by Crippen LogP contribution is 2.33. The summed E-state index contributed by atoms with van der Waals surface area (Å²) in [5.41, 5.74) is 3.57. The first-order valence-corrected chi connectivity index (χ1v) is 9.40. The molecule has 6 heteroatoms. The second-order valence-corrected chi connectivity index (χ2v) is 7.29. The molecule has 0 radical (unpaired) electrons. The number of phenols is 2. The first-order chi connectivity index (χ1) is 13.9. The second kappa shape index (κ2) is 7.53. The number of benzene rings is 3. The van der Waals surface area contributed by atoms with Gasteiger partial charge < -0.3 is 10.2 Å². The molecule has 0 saturated heterocycles. The van der Waals surface area contributed by atoms with Crippen molar-refractivity contribution in [2.45, 2.75) is 13.8 Å². The third-order valence-electron chi connectivity index (χ3n) is 4.53. The van der Waals surface area contributed by atoms with Gasteiger partial charge in [0, 0.05) is 10.6 Å². The monoisotopic (exact) mass is 403 g/mol. The largest absolute Gasteiger partial charge is 0.507 e. The van der Waals surface area contributed by atoms with Gasteiger partial charge in [0.15, 0.2) is 17.5 Å². The fraction of sp³-hybridized carbons (Fsp3) is 0.0870. The Bertz CT molecular complexity index is 1140. The highest BCUT2D eigenvalue weighted by molar-refractivity contribution is 6.30. The maximum atomic E-state index is 10.4. The van der Waals surface area contributed by atoms with Crippen LogP contribution in [0.4, 0.5) is 0 Å². The molecule has 0 aliphatic rings. The highest BCUT2D eigenvalue weighted by Gasteiger charge is 2.16. The number of rotatable bonds is 3. The van der Waals surface area contributed by atoms with E-state index >= 15 is 0 Å². The lowest BCUT2D eigenvalue weighted by Gasteiger charge is -2.11. The smallest absolute Gasteiger partial charge is 0.167 e. The van der Waals surface area contributed by atoms with Gasteiger partial charge in [0.1, 0.15) is 11.5 Å². The Kier molecular flexibility index (Phi) is 4.91. The number of hydrogen-bond donors (Lipinski definition) is 2. The maximum absolute atomic E-state index is 10.4. The summed E-state index contributed by atoms with van der Waals surface area (Å²) in [6.07, 6.45) is 0. The van der Waals surface area contributed by atoms with Crippen molar-refractivity contribution in [1.29, 1.82) is 0 Å². The van der Waals surface area contributed by atoms with Gasteiger partial charge in [-0.3, -0.25) is 0 Å². The molecule has 1 heterocycles. The molecule has 1 aromatic heterocycles. The van der Waals surface area contributed by atoms with Crippen LogP contribution in [0, 0.1) is 13.8 Å². The quantitative estimate of drug-likeness (QED) is 0.468. The molecule has 0 aliphatic carbocycles. The Morgan fingerprint density at radius 2 is 1.07 bits per heavy atom. The molecule has 2 N–H and O–H groups in total. The third kappa shape index (κ3) is 3.91. The minimum absolute atomic E-state index is 0.0809. The molecule has 0 amide bonds. The van der Waals surface area contributed by atoms with Crippen LogP contribution in [-0.2, 0) is 0 Å². The minimum Gasteiger partial charge on any atom is -0.507 e. The van der Waals surface area contributed by atoms with Crippen molar-refractivity contribution in [3.63, 3.8) is 0 Å². The Balaban J connectivity index is 1.95. The van der Waals surface area contributed by atoms with Crippen LogP contribution in [0.15, 0.2) is 60.7 Å². The van der Waals surface area contributed by atoms with E-state index < -0.39 is 0 Å². The van der Waals surface area contributed by atoms with E-state index in [0.29, 0.717) is 33.6 Å². The molecule has 5 nitrogen and oxygen atoms in total. The van der Waals surface area contributed by atoms with Gasteiger partial charge >= 0.3 is 0 Å². The number of phenolic OH excluding ortho intramolecular Hbond substituents is 2. The van der Waals surface area contributed by atoms with Crippen LogP contribution in [0.2, 0.25) is 5.02 Å². The first kappa shape index (κ1) is 18.9. The molecule has 29 heavy (non-hydrogen) atoms. The number of halogens is 1. The zero-order valence-electron chi connectivity index (χ0n) is 15.9. The molecule has 3 aromatic carbocycles. The van der Waals surface area contributed by atoms with E-state index in [2.05, 4.69) is 15.0 Å². The van der Waals surface area contributed by atoms with E-state index in [9.17, 15) is 10.2 Å². The zero-order valence-corrected chi connectivity index (χ0v) is 16.6. The molecular formula is C23H18ClN3O2. The second-order valence-electron chi connectivity index (χ2n) is 6.85. The van der Waals surface area contributed by atoms with Gasteiger partial charge in [0.25, 0.3) is 0 Å². The van der Waals surface area contributed by atoms with E-state index in [1.54, 1.807) is 36.4 Å². The van der Waals surface area contributed by atoms with Gasteiger partial charge in [-0.15, -0.1) is 0 Å². The Hall–Kier alpha value is -3.44. The molecule has 0 spiro atoms. The summed E-state index contributed by atoms with van der Waals surface area (Å²) < 4.78 is 0. The van der Waals surface area contributed by atoms with E-state index in [0.717, 1.165) is 16.7 Å². The van der Waals surface area contributed by atoms with E-state index in [1.807, 2.05) is 38.1 Å². The first-order valence-electron chi connectivity index (χ1n) is 9.03. The van der Waals surface area contributed by atoms with Crippen LogP contribution in [-0.4, -0.2) is 25.2 Å². The molecule has 0 saturated carbocycles. The number of aromatic nitrogens is 3. The third-order valence-corrected chi connectivity index (χ3v) is 4.78. The summed E-state index contributed by atoms with van der Waals surface area (Å²) >= 11 is 6.01. The van der Waals surface area contributed by atoms with Crippen molar-refractivity contribution >= 4 is 11.6 Å². The van der Waals surface area contributed by atoms with Gasteiger partial charge in [-0.05, 0) is 73.5 Å². The van der Waals surface area contributed by atoms with E-state index in [4.69, 9.17) is 11.6 Å². The molecule has 0 unspecified atom stereocenters. The van der Waals surface area contributed by atoms with Crippen molar-refractivity contribution in [2.24, 2.45) is 0 Å². The summed E-state index contributed by atoms with van der Waals surface area (Å²) in [4.78, 5) is 13.6. The Morgan fingerprint density at radius 3 is 1.52 bits per heavy atom. The highest BCUT2D eigenvalue weighted by atomic mass is 35.5. The molecule has 4 rings (SSSR count). The number of hydrogen-bond acceptors (Lipinski definition) is 5. The molecule has 0 bridgehead atoms. The van der Waals surface area contributed by atoms with Gasteiger partial charge in [0.05, 0.1) is 11.1 Å². The lowest BCUT2D eigenvalue weighted by atomic mass is 10.1. The number of aromatic hydroxyl groups is 2. The summed E-state index contributed by atoms with van der Waals surface area (Å²) in [5, 5.41) is 21.5. The van der Waals surface area contributed by atoms with Crippen LogP contribution >= 0.6 is 11.6 Å². The zero-order chi connectivity index (χ0) is 20.5. The Labute approximate surface area is 173 Å². The predicted molar refractivity (Wildman–Crippen MR) is 114 cm³/mol. The SMILES string of the molecule is Cc1ccc(-c2nc(-c3ccc(Cl)cc3)nc(-c3ccc(C)cc3O)n2)c(O)c1. The summed E-state index contributed by atoms with van der Waals surface area (Å²) in [5.74, 6) is 1.21. The van der Waals surface area contributed by atoms with Gasteiger partial charge in [-0.1, -0.05) is 23.7 Å². The summed E-state index contributed by atoms with van der Waals surface area (Å²) in [6.45, 7) is 3.79. The molecule has 144 valence electrons. The lowest BCUT2D eigenvalue weighted by Crippen LogP contribution is -2.00. The van der Waals surface area contributed by atoms with Crippen molar-refractivity contribution in [1.82, 2.24) is 15.0 Å². The average molecular weight is 404 g/mol. The normalized spacial score (nSPS) is 10.9. The number of aryl methyl sites for hydroxylation is 2. The molecular weight excluding hydrogens is 386 g/mol. The predicted octanol–water partition coefficient (Wildman–Crippen LogP) is 5.55. The molecule has 4 aromatic rings. The van der Waals surface area contributed by atoms with Gasteiger partial charge in [0.2, 0.25) is 0 Å². The lowest BCUT2D eigenvalue weighted by molar-refractivity contribution is 0.476. The Morgan fingerprint density at radius 1 is 0.621 bits per heavy atom. The minimum atomic E-state index is 0.0809. The topological polar surface area (TPSA) is 79.1 Å². The van der Waals surface area contributed by atoms with Crippen LogP contribution in [0.5, 0.6) is 11.5 Å². The van der Waals surface area contributed by atoms with Crippen molar-refractivity contribution in [2.75, 3.05) is 0 Å². The van der Waals surface area contributed by atoms with Crippen molar-refractivity contribution in [3.05, 3.63) is 76.8 Å². The summed E-state index contributed by atoms with van der Waals surface area (Å²) in [6, 6.07) is 17.8. The summed E-state index contributed by atoms with van der Waals surface area (Å²) in [7, 11) is 0. The average Bonchev–Trinajstić information content (AvgIpc) is 2.68. The standard InChI is InChI=1S/C23H18ClN3O2/c1-13-3-9-17(19(28)11-13)22-25-21(15-5-7-16(24)8-6-15)26-23(27-22)18-10-4-14(2)12-20(18)29/h3-12,28-29H,1-2H3. The van der Waals surface area contributed by atoms with Crippen molar-refractivity contribution in [3.8, 4) is 45.7 Å². The number of nitrogens with zero attached hydrogens (tertiary/aromatic N) is 3. The van der Waals surface area contributed by atoms with Crippen LogP contribution in [0.1, 0.15) is 11.1 Å². The van der Waals surface area contributed by atoms with E-state index in [1.165, 1.54) is 0 Å². The van der Waals surface area contributed by atoms with Crippen molar-refractivity contribution < 1.29 is 10.2 Å². The maximum Gasteiger partial charge on any atom is 0.167 e. The van der Waals surface area contributed by atoms with Crippen LogP contribution in [0.3, 0.4) is 0 Å². The van der Waals surface area contributed by atoms with E-state index in [-0.39, 0.29) is 11.5 Å². The fourth-order valence-corrected chi connectivity index (χ4v) is 3.13. The van der Waals surface area contributed by atoms with Crippen LogP contribution in [0.25, 0.3) is 34.2 Å². The fourth-order valence-electron chi connectivity index (χ4n) is 3.01. The van der Waals surface area contributed by atoms with Gasteiger partial charge in [-0.25, -0.2) is 15.0 Å². The van der Waals surface area contributed by atoms with Crippen LogP contribution < -0.4 is 0 Å². The van der Waals surface area contributed by atoms with Gasteiger partial charge in [-0.2, -0.15) is 0 Å². The molecule has 0 atom stereocenters. The molecule has 0 fully saturated rings.